The van der Waals surface area contributed by atoms with Crippen LogP contribution in [0, 0.1) is 0 Å². The first-order valence-electron chi connectivity index (χ1n) is 12.5. The van der Waals surface area contributed by atoms with E-state index in [2.05, 4.69) is 80.2 Å². The number of aromatic amines is 3. The summed E-state index contributed by atoms with van der Waals surface area (Å²) in [6, 6.07) is 21.4. The van der Waals surface area contributed by atoms with Crippen LogP contribution in [0.4, 0.5) is 5.69 Å². The fourth-order valence-electron chi connectivity index (χ4n) is 5.24. The highest BCUT2D eigenvalue weighted by atomic mass is 15.3. The van der Waals surface area contributed by atoms with E-state index >= 15 is 0 Å². The van der Waals surface area contributed by atoms with Crippen molar-refractivity contribution in [3.63, 3.8) is 0 Å². The van der Waals surface area contributed by atoms with E-state index in [4.69, 9.17) is 9.97 Å². The first-order valence-corrected chi connectivity index (χ1v) is 12.5. The van der Waals surface area contributed by atoms with Crippen LogP contribution >= 0.6 is 0 Å². The maximum Gasteiger partial charge on any atom is 0.159 e. The smallest absolute Gasteiger partial charge is 0.159 e. The number of nitrogens with one attached hydrogen (secondary N) is 3. The molecule has 3 aromatic heterocycles. The van der Waals surface area contributed by atoms with Crippen LogP contribution in [-0.2, 0) is 0 Å². The molecule has 6 aromatic rings. The minimum atomic E-state index is 0.600. The number of fused-ring (bicyclic) bond motifs is 3. The number of para-hydroxylation sites is 2. The van der Waals surface area contributed by atoms with Gasteiger partial charge in [-0.05, 0) is 56.3 Å². The molecular weight excluding hydrogens is 448 g/mol. The number of H-pyrrole nitrogens is 3. The fourth-order valence-corrected chi connectivity index (χ4v) is 5.24. The molecule has 7 rings (SSSR count). The largest absolute Gasteiger partial charge is 0.369 e. The second kappa shape index (κ2) is 8.20. The Kier molecular flexibility index (Phi) is 4.82. The molecule has 8 nitrogen and oxygen atoms in total. The van der Waals surface area contributed by atoms with E-state index in [1.165, 1.54) is 5.69 Å². The van der Waals surface area contributed by atoms with Gasteiger partial charge in [0.2, 0.25) is 0 Å². The van der Waals surface area contributed by atoms with Crippen molar-refractivity contribution in [2.24, 2.45) is 0 Å². The summed E-state index contributed by atoms with van der Waals surface area (Å²) in [5.74, 6) is 1.62. The van der Waals surface area contributed by atoms with E-state index < -0.39 is 0 Å². The van der Waals surface area contributed by atoms with Gasteiger partial charge in [0.15, 0.2) is 5.82 Å². The van der Waals surface area contributed by atoms with Crippen LogP contribution in [0.3, 0.4) is 0 Å². The van der Waals surface area contributed by atoms with Gasteiger partial charge in [0.1, 0.15) is 11.5 Å². The predicted molar refractivity (Wildman–Crippen MR) is 145 cm³/mol. The molecule has 3 aromatic carbocycles. The summed E-state index contributed by atoms with van der Waals surface area (Å²) in [5.41, 5.74) is 8.00. The maximum atomic E-state index is 4.85. The van der Waals surface area contributed by atoms with Crippen molar-refractivity contribution in [3.05, 3.63) is 60.7 Å². The number of nitrogens with zero attached hydrogens (tertiary/aromatic N) is 5. The average Bonchev–Trinajstić information content (AvgIpc) is 3.63. The molecule has 1 fully saturated rings. The molecule has 3 N–H and O–H groups in total. The highest BCUT2D eigenvalue weighted by molar-refractivity contribution is 5.95. The SMILES string of the molecule is CC(C)N1CCN(c2ccc3nc(-c4n[nH]c5cc(-c6nc7ccccc7[nH]6)ccc45)[nH]c3c2)CC1. The van der Waals surface area contributed by atoms with Gasteiger partial charge >= 0.3 is 0 Å². The molecule has 8 heteroatoms. The van der Waals surface area contributed by atoms with Crippen LogP contribution in [0.25, 0.3) is 55.9 Å². The molecule has 0 radical (unpaired) electrons. The predicted octanol–water partition coefficient (Wildman–Crippen LogP) is 5.18. The van der Waals surface area contributed by atoms with Gasteiger partial charge in [0.05, 0.1) is 27.6 Å². The number of aromatic nitrogens is 6. The van der Waals surface area contributed by atoms with E-state index in [0.717, 1.165) is 82.1 Å². The van der Waals surface area contributed by atoms with Crippen LogP contribution in [-0.4, -0.2) is 67.3 Å². The first kappa shape index (κ1) is 21.1. The molecule has 36 heavy (non-hydrogen) atoms. The number of imidazole rings is 2. The van der Waals surface area contributed by atoms with Crippen LogP contribution in [0.1, 0.15) is 13.8 Å². The second-order valence-electron chi connectivity index (χ2n) is 9.84. The highest BCUT2D eigenvalue weighted by Crippen LogP contribution is 2.31. The van der Waals surface area contributed by atoms with Gasteiger partial charge in [-0.1, -0.05) is 18.2 Å². The van der Waals surface area contributed by atoms with Crippen LogP contribution in [0.2, 0.25) is 0 Å². The Hall–Kier alpha value is -4.17. The van der Waals surface area contributed by atoms with E-state index in [0.29, 0.717) is 6.04 Å². The standard InChI is InChI=1S/C28H28N8/c1-17(2)35-11-13-36(14-12-35)19-8-10-23-25(16-19)32-28(31-23)26-20-9-7-18(15-24(20)33-34-26)27-29-21-5-3-4-6-22(21)30-27/h3-10,15-17H,11-14H2,1-2H3,(H,29,30)(H,31,32)(H,33,34). The average molecular weight is 477 g/mol. The Morgan fingerprint density at radius 2 is 1.53 bits per heavy atom. The lowest BCUT2D eigenvalue weighted by Crippen LogP contribution is -2.48. The van der Waals surface area contributed by atoms with Gasteiger partial charge in [-0.15, -0.1) is 0 Å². The van der Waals surface area contributed by atoms with Crippen LogP contribution < -0.4 is 4.90 Å². The van der Waals surface area contributed by atoms with Gasteiger partial charge in [-0.2, -0.15) is 5.10 Å². The molecular formula is C28H28N8. The Morgan fingerprint density at radius 3 is 2.36 bits per heavy atom. The van der Waals surface area contributed by atoms with Gasteiger partial charge in [-0.25, -0.2) is 9.97 Å². The molecule has 0 unspecified atom stereocenters. The molecule has 1 aliphatic heterocycles. The number of benzene rings is 3. The zero-order valence-electron chi connectivity index (χ0n) is 20.4. The molecule has 0 bridgehead atoms. The van der Waals surface area contributed by atoms with Crippen molar-refractivity contribution in [1.29, 1.82) is 0 Å². The second-order valence-corrected chi connectivity index (χ2v) is 9.84. The summed E-state index contributed by atoms with van der Waals surface area (Å²) in [6.07, 6.45) is 0. The zero-order valence-corrected chi connectivity index (χ0v) is 20.4. The van der Waals surface area contributed by atoms with Gasteiger partial charge in [0, 0.05) is 48.9 Å². The molecule has 180 valence electrons. The Balaban J connectivity index is 1.19. The normalized spacial score (nSPS) is 15.1. The molecule has 0 atom stereocenters. The van der Waals surface area contributed by atoms with E-state index in [1.54, 1.807) is 0 Å². The summed E-state index contributed by atoms with van der Waals surface area (Å²) in [5, 5.41) is 8.82. The lowest BCUT2D eigenvalue weighted by atomic mass is 10.1. The Morgan fingerprint density at radius 1 is 0.750 bits per heavy atom. The minimum absolute atomic E-state index is 0.600. The summed E-state index contributed by atoms with van der Waals surface area (Å²) < 4.78 is 0. The van der Waals surface area contributed by atoms with Crippen molar-refractivity contribution in [2.75, 3.05) is 31.1 Å². The molecule has 0 spiro atoms. The molecule has 1 saturated heterocycles. The Labute approximate surface area is 208 Å². The molecule has 0 amide bonds. The lowest BCUT2D eigenvalue weighted by molar-refractivity contribution is 0.209. The van der Waals surface area contributed by atoms with Crippen molar-refractivity contribution in [3.8, 4) is 22.9 Å². The number of hydrogen-bond donors (Lipinski definition) is 3. The topological polar surface area (TPSA) is 92.5 Å². The monoisotopic (exact) mass is 476 g/mol. The van der Waals surface area contributed by atoms with Gasteiger partial charge < -0.3 is 14.9 Å². The van der Waals surface area contributed by atoms with Crippen molar-refractivity contribution >= 4 is 38.7 Å². The minimum Gasteiger partial charge on any atom is -0.369 e. The van der Waals surface area contributed by atoms with Crippen LogP contribution in [0.5, 0.6) is 0 Å². The van der Waals surface area contributed by atoms with Crippen molar-refractivity contribution in [2.45, 2.75) is 19.9 Å². The highest BCUT2D eigenvalue weighted by Gasteiger charge is 2.20. The van der Waals surface area contributed by atoms with Crippen molar-refractivity contribution < 1.29 is 0 Å². The summed E-state index contributed by atoms with van der Waals surface area (Å²) in [7, 11) is 0. The maximum absolute atomic E-state index is 4.85. The Bertz CT molecular complexity index is 1660. The third-order valence-electron chi connectivity index (χ3n) is 7.33. The lowest BCUT2D eigenvalue weighted by Gasteiger charge is -2.38. The number of anilines is 1. The van der Waals surface area contributed by atoms with Gasteiger partial charge in [-0.3, -0.25) is 10.00 Å². The summed E-state index contributed by atoms with van der Waals surface area (Å²) in [6.45, 7) is 8.82. The van der Waals surface area contributed by atoms with E-state index in [1.807, 2.05) is 24.3 Å². The zero-order chi connectivity index (χ0) is 24.2. The quantitative estimate of drug-likeness (QED) is 0.326. The van der Waals surface area contributed by atoms with Crippen molar-refractivity contribution in [1.82, 2.24) is 35.0 Å². The summed E-state index contributed by atoms with van der Waals surface area (Å²) >= 11 is 0. The van der Waals surface area contributed by atoms with Gasteiger partial charge in [0.25, 0.3) is 0 Å². The van der Waals surface area contributed by atoms with Crippen LogP contribution in [0.15, 0.2) is 60.7 Å². The number of rotatable bonds is 4. The summed E-state index contributed by atoms with van der Waals surface area (Å²) in [4.78, 5) is 21.5. The third kappa shape index (κ3) is 3.53. The third-order valence-corrected chi connectivity index (χ3v) is 7.33. The number of hydrogen-bond acceptors (Lipinski definition) is 5. The molecule has 4 heterocycles. The number of piperazine rings is 1. The first-order chi connectivity index (χ1) is 17.6. The molecule has 1 aliphatic rings. The fraction of sp³-hybridized carbons (Fsp3) is 0.250. The van der Waals surface area contributed by atoms with E-state index in [-0.39, 0.29) is 0 Å². The molecule has 0 saturated carbocycles. The van der Waals surface area contributed by atoms with E-state index in [9.17, 15) is 0 Å². The molecule has 0 aliphatic carbocycles.